The predicted octanol–water partition coefficient (Wildman–Crippen LogP) is 2.73. The van der Waals surface area contributed by atoms with Crippen molar-refractivity contribution < 1.29 is 4.39 Å². The standard InChI is InChI=1S/C13H11FN4/c1-8-3-2-4-10(14)12(8)18-13-11(16)9(7-15)5-6-17-13/h2-6H,16H2,1H3,(H,17,18). The average molecular weight is 242 g/mol. The SMILES string of the molecule is Cc1cccc(F)c1Nc1nccc(C#N)c1N. The molecule has 0 atom stereocenters. The first-order valence-electron chi connectivity index (χ1n) is 5.30. The molecule has 0 radical (unpaired) electrons. The smallest absolute Gasteiger partial charge is 0.155 e. The highest BCUT2D eigenvalue weighted by Crippen LogP contribution is 2.27. The van der Waals surface area contributed by atoms with E-state index in [1.54, 1.807) is 19.1 Å². The van der Waals surface area contributed by atoms with E-state index in [9.17, 15) is 4.39 Å². The van der Waals surface area contributed by atoms with Crippen LogP contribution in [0.15, 0.2) is 30.5 Å². The molecule has 3 N–H and O–H groups in total. The summed E-state index contributed by atoms with van der Waals surface area (Å²) in [4.78, 5) is 4.01. The van der Waals surface area contributed by atoms with Gasteiger partial charge < -0.3 is 11.1 Å². The molecule has 1 aromatic heterocycles. The number of nitrogens with zero attached hydrogens (tertiary/aromatic N) is 2. The first kappa shape index (κ1) is 11.9. The molecule has 0 saturated carbocycles. The molecule has 90 valence electrons. The van der Waals surface area contributed by atoms with Gasteiger partial charge >= 0.3 is 0 Å². The van der Waals surface area contributed by atoms with Crippen LogP contribution >= 0.6 is 0 Å². The molecule has 4 nitrogen and oxygen atoms in total. The van der Waals surface area contributed by atoms with Crippen LogP contribution in [-0.2, 0) is 0 Å². The number of nitriles is 1. The first-order chi connectivity index (χ1) is 8.63. The molecule has 5 heteroatoms. The number of aryl methyl sites for hydroxylation is 1. The minimum Gasteiger partial charge on any atom is -0.395 e. The zero-order chi connectivity index (χ0) is 13.1. The second-order valence-corrected chi connectivity index (χ2v) is 3.79. The van der Waals surface area contributed by atoms with Gasteiger partial charge in [-0.25, -0.2) is 9.37 Å². The van der Waals surface area contributed by atoms with Gasteiger partial charge in [0.1, 0.15) is 11.9 Å². The molecule has 0 aliphatic heterocycles. The molecule has 0 saturated heterocycles. The third-order valence-corrected chi connectivity index (χ3v) is 2.58. The van der Waals surface area contributed by atoms with E-state index >= 15 is 0 Å². The summed E-state index contributed by atoms with van der Waals surface area (Å²) in [5.74, 6) is -0.110. The van der Waals surface area contributed by atoms with Crippen molar-refractivity contribution in [2.45, 2.75) is 6.92 Å². The largest absolute Gasteiger partial charge is 0.395 e. The van der Waals surface area contributed by atoms with Crippen molar-refractivity contribution in [2.75, 3.05) is 11.1 Å². The Hall–Kier alpha value is -2.61. The number of aromatic nitrogens is 1. The molecular weight excluding hydrogens is 231 g/mol. The fourth-order valence-electron chi connectivity index (χ4n) is 1.58. The molecule has 0 bridgehead atoms. The summed E-state index contributed by atoms with van der Waals surface area (Å²) in [5, 5.41) is 11.7. The molecule has 1 aromatic carbocycles. The van der Waals surface area contributed by atoms with E-state index in [1.807, 2.05) is 6.07 Å². The van der Waals surface area contributed by atoms with Crippen LogP contribution in [0.3, 0.4) is 0 Å². The number of nitrogen functional groups attached to an aromatic ring is 1. The third-order valence-electron chi connectivity index (χ3n) is 2.58. The quantitative estimate of drug-likeness (QED) is 0.849. The van der Waals surface area contributed by atoms with Gasteiger partial charge in [0.25, 0.3) is 0 Å². The van der Waals surface area contributed by atoms with Gasteiger partial charge in [0.15, 0.2) is 5.82 Å². The number of hydrogen-bond donors (Lipinski definition) is 2. The van der Waals surface area contributed by atoms with E-state index in [-0.39, 0.29) is 11.5 Å². The maximum absolute atomic E-state index is 13.7. The number of para-hydroxylation sites is 1. The average Bonchev–Trinajstić information content (AvgIpc) is 2.36. The van der Waals surface area contributed by atoms with Crippen LogP contribution in [-0.4, -0.2) is 4.98 Å². The number of nitrogens with two attached hydrogens (primary N) is 1. The second kappa shape index (κ2) is 4.72. The Morgan fingerprint density at radius 1 is 1.39 bits per heavy atom. The van der Waals surface area contributed by atoms with E-state index in [0.29, 0.717) is 11.3 Å². The molecule has 0 unspecified atom stereocenters. The summed E-state index contributed by atoms with van der Waals surface area (Å²) in [6, 6.07) is 8.20. The van der Waals surface area contributed by atoms with Crippen LogP contribution in [0, 0.1) is 24.1 Å². The lowest BCUT2D eigenvalue weighted by atomic mass is 10.2. The van der Waals surface area contributed by atoms with Crippen LogP contribution < -0.4 is 11.1 Å². The van der Waals surface area contributed by atoms with Crippen LogP contribution in [0.4, 0.5) is 21.6 Å². The molecule has 2 rings (SSSR count). The van der Waals surface area contributed by atoms with Crippen molar-refractivity contribution >= 4 is 17.2 Å². The molecule has 18 heavy (non-hydrogen) atoms. The van der Waals surface area contributed by atoms with Gasteiger partial charge in [-0.15, -0.1) is 0 Å². The highest BCUT2D eigenvalue weighted by Gasteiger charge is 2.10. The monoisotopic (exact) mass is 242 g/mol. The van der Waals surface area contributed by atoms with E-state index in [4.69, 9.17) is 11.0 Å². The predicted molar refractivity (Wildman–Crippen MR) is 67.8 cm³/mol. The zero-order valence-corrected chi connectivity index (χ0v) is 9.74. The van der Waals surface area contributed by atoms with Gasteiger partial charge in [-0.3, -0.25) is 0 Å². The summed E-state index contributed by atoms with van der Waals surface area (Å²) >= 11 is 0. The minimum absolute atomic E-state index is 0.211. The maximum Gasteiger partial charge on any atom is 0.155 e. The van der Waals surface area contributed by atoms with Crippen molar-refractivity contribution in [1.29, 1.82) is 5.26 Å². The Bertz CT molecular complexity index is 611. The van der Waals surface area contributed by atoms with E-state index < -0.39 is 5.82 Å². The van der Waals surface area contributed by atoms with E-state index in [0.717, 1.165) is 5.56 Å². The normalized spacial score (nSPS) is 9.83. The number of halogens is 1. The Labute approximate surface area is 104 Å². The number of hydrogen-bond acceptors (Lipinski definition) is 4. The van der Waals surface area contributed by atoms with Crippen molar-refractivity contribution in [3.8, 4) is 6.07 Å². The number of anilines is 3. The van der Waals surface area contributed by atoms with Crippen LogP contribution in [0.2, 0.25) is 0 Å². The van der Waals surface area contributed by atoms with Crippen molar-refractivity contribution in [3.05, 3.63) is 47.4 Å². The van der Waals surface area contributed by atoms with Gasteiger partial charge in [-0.05, 0) is 24.6 Å². The lowest BCUT2D eigenvalue weighted by Gasteiger charge is -2.11. The highest BCUT2D eigenvalue weighted by atomic mass is 19.1. The fraction of sp³-hybridized carbons (Fsp3) is 0.0769. The fourth-order valence-corrected chi connectivity index (χ4v) is 1.58. The van der Waals surface area contributed by atoms with Crippen molar-refractivity contribution in [3.63, 3.8) is 0 Å². The van der Waals surface area contributed by atoms with Gasteiger partial charge in [0.05, 0.1) is 16.9 Å². The van der Waals surface area contributed by atoms with Gasteiger partial charge in [0, 0.05) is 6.20 Å². The topological polar surface area (TPSA) is 74.7 Å². The third kappa shape index (κ3) is 2.09. The molecule has 1 heterocycles. The van der Waals surface area contributed by atoms with Gasteiger partial charge in [-0.1, -0.05) is 12.1 Å². The Balaban J connectivity index is 2.44. The van der Waals surface area contributed by atoms with Gasteiger partial charge in [-0.2, -0.15) is 5.26 Å². The molecule has 0 aliphatic rings. The molecule has 0 amide bonds. The Morgan fingerprint density at radius 3 is 2.83 bits per heavy atom. The molecule has 2 aromatic rings. The molecule has 0 fully saturated rings. The van der Waals surface area contributed by atoms with Crippen molar-refractivity contribution in [1.82, 2.24) is 4.98 Å². The van der Waals surface area contributed by atoms with Crippen LogP contribution in [0.25, 0.3) is 0 Å². The summed E-state index contributed by atoms with van der Waals surface area (Å²) < 4.78 is 13.7. The second-order valence-electron chi connectivity index (χ2n) is 3.79. The highest BCUT2D eigenvalue weighted by molar-refractivity contribution is 5.74. The summed E-state index contributed by atoms with van der Waals surface area (Å²) in [6.45, 7) is 1.77. The molecular formula is C13H11FN4. The lowest BCUT2D eigenvalue weighted by molar-refractivity contribution is 0.631. The first-order valence-corrected chi connectivity index (χ1v) is 5.30. The Morgan fingerprint density at radius 2 is 2.17 bits per heavy atom. The Kier molecular flexibility index (Phi) is 3.11. The van der Waals surface area contributed by atoms with Crippen molar-refractivity contribution in [2.24, 2.45) is 0 Å². The summed E-state index contributed by atoms with van der Waals surface area (Å²) in [7, 11) is 0. The number of rotatable bonds is 2. The molecule has 0 aliphatic carbocycles. The number of pyridine rings is 1. The van der Waals surface area contributed by atoms with Crippen LogP contribution in [0.1, 0.15) is 11.1 Å². The number of benzene rings is 1. The summed E-state index contributed by atoms with van der Waals surface area (Å²) in [5.41, 5.74) is 7.34. The van der Waals surface area contributed by atoms with E-state index in [1.165, 1.54) is 18.3 Å². The summed E-state index contributed by atoms with van der Waals surface area (Å²) in [6.07, 6.45) is 1.45. The van der Waals surface area contributed by atoms with Crippen LogP contribution in [0.5, 0.6) is 0 Å². The lowest BCUT2D eigenvalue weighted by Crippen LogP contribution is -2.03. The maximum atomic E-state index is 13.7. The minimum atomic E-state index is -0.390. The molecule has 0 spiro atoms. The van der Waals surface area contributed by atoms with E-state index in [2.05, 4.69) is 10.3 Å². The zero-order valence-electron chi connectivity index (χ0n) is 9.74. The number of nitrogens with one attached hydrogen (secondary N) is 1. The van der Waals surface area contributed by atoms with Gasteiger partial charge in [0.2, 0.25) is 0 Å².